The quantitative estimate of drug-likeness (QED) is 0.693. The number of rotatable bonds is 4. The topological polar surface area (TPSA) is 26.3 Å². The molecule has 0 bridgehead atoms. The van der Waals surface area contributed by atoms with Crippen LogP contribution in [0.1, 0.15) is 60.3 Å². The molecule has 2 nitrogen and oxygen atoms in total. The second-order valence-electron chi connectivity index (χ2n) is 6.01. The number of hydrogen-bond donors (Lipinski definition) is 0. The summed E-state index contributed by atoms with van der Waals surface area (Å²) in [5, 5.41) is 0. The maximum atomic E-state index is 11.2. The van der Waals surface area contributed by atoms with Gasteiger partial charge in [-0.05, 0) is 42.9 Å². The van der Waals surface area contributed by atoms with Gasteiger partial charge in [-0.1, -0.05) is 34.1 Å². The van der Waals surface area contributed by atoms with Crippen molar-refractivity contribution in [1.29, 1.82) is 0 Å². The van der Waals surface area contributed by atoms with Crippen molar-refractivity contribution >= 4 is 5.97 Å². The monoisotopic (exact) mass is 240 g/mol. The summed E-state index contributed by atoms with van der Waals surface area (Å²) >= 11 is 0. The van der Waals surface area contributed by atoms with Gasteiger partial charge in [-0.2, -0.15) is 0 Å². The minimum Gasteiger partial charge on any atom is -0.462 e. The van der Waals surface area contributed by atoms with Gasteiger partial charge in [-0.25, -0.2) is 0 Å². The Balaban J connectivity index is 2.66. The third kappa shape index (κ3) is 4.01. The normalized spacial score (nSPS) is 31.3. The molecule has 17 heavy (non-hydrogen) atoms. The molecular weight excluding hydrogens is 212 g/mol. The summed E-state index contributed by atoms with van der Waals surface area (Å²) in [5.74, 6) is 2.68. The standard InChI is InChI=1S/C15H28O2/c1-6-15(17-12(5)16)14-9-13(10(2)3)8-7-11(14)4/h10-11,13-15H,6-9H2,1-5H3/t11-,13+,14+,15-/m0/s1. The second kappa shape index (κ2) is 6.42. The fourth-order valence-corrected chi connectivity index (χ4v) is 3.20. The van der Waals surface area contributed by atoms with Gasteiger partial charge >= 0.3 is 5.97 Å². The fourth-order valence-electron chi connectivity index (χ4n) is 3.20. The molecule has 1 rings (SSSR count). The van der Waals surface area contributed by atoms with Crippen LogP contribution in [0.15, 0.2) is 0 Å². The van der Waals surface area contributed by atoms with E-state index >= 15 is 0 Å². The van der Waals surface area contributed by atoms with Crippen molar-refractivity contribution in [2.24, 2.45) is 23.7 Å². The van der Waals surface area contributed by atoms with E-state index in [0.717, 1.165) is 18.3 Å². The van der Waals surface area contributed by atoms with Crippen LogP contribution >= 0.6 is 0 Å². The Labute approximate surface area is 106 Å². The van der Waals surface area contributed by atoms with Crippen LogP contribution in [0.3, 0.4) is 0 Å². The molecule has 0 radical (unpaired) electrons. The van der Waals surface area contributed by atoms with Gasteiger partial charge in [-0.3, -0.25) is 4.79 Å². The van der Waals surface area contributed by atoms with Gasteiger partial charge in [0.2, 0.25) is 0 Å². The SMILES string of the molecule is CC[C@H](OC(C)=O)[C@@H]1C[C@H](C(C)C)CC[C@@H]1C. The molecule has 0 heterocycles. The van der Waals surface area contributed by atoms with Gasteiger partial charge in [-0.15, -0.1) is 0 Å². The molecule has 0 saturated heterocycles. The third-order valence-corrected chi connectivity index (χ3v) is 4.44. The van der Waals surface area contributed by atoms with E-state index in [0.29, 0.717) is 11.8 Å². The predicted molar refractivity (Wildman–Crippen MR) is 70.7 cm³/mol. The van der Waals surface area contributed by atoms with E-state index in [2.05, 4.69) is 27.7 Å². The minimum absolute atomic E-state index is 0.129. The lowest BCUT2D eigenvalue weighted by atomic mass is 9.69. The fraction of sp³-hybridized carbons (Fsp3) is 0.933. The highest BCUT2D eigenvalue weighted by Gasteiger charge is 2.35. The molecule has 0 aromatic heterocycles. The number of carbonyl (C=O) groups excluding carboxylic acids is 1. The zero-order valence-electron chi connectivity index (χ0n) is 12.0. The molecule has 0 amide bonds. The van der Waals surface area contributed by atoms with Gasteiger partial charge in [0, 0.05) is 6.92 Å². The Bertz CT molecular complexity index is 247. The summed E-state index contributed by atoms with van der Waals surface area (Å²) < 4.78 is 5.50. The average molecular weight is 240 g/mol. The van der Waals surface area contributed by atoms with Gasteiger partial charge < -0.3 is 4.74 Å². The van der Waals surface area contributed by atoms with Crippen molar-refractivity contribution in [2.45, 2.75) is 66.4 Å². The molecule has 0 spiro atoms. The molecule has 0 unspecified atom stereocenters. The minimum atomic E-state index is -0.129. The number of hydrogen-bond acceptors (Lipinski definition) is 2. The molecule has 1 saturated carbocycles. The van der Waals surface area contributed by atoms with Crippen LogP contribution in [-0.4, -0.2) is 12.1 Å². The molecule has 1 fully saturated rings. The van der Waals surface area contributed by atoms with Crippen molar-refractivity contribution in [3.63, 3.8) is 0 Å². The predicted octanol–water partition coefficient (Wildman–Crippen LogP) is 4.04. The van der Waals surface area contributed by atoms with E-state index in [9.17, 15) is 4.79 Å². The Kier molecular flexibility index (Phi) is 5.48. The summed E-state index contributed by atoms with van der Waals surface area (Å²) in [6.45, 7) is 10.6. The molecule has 1 aliphatic rings. The van der Waals surface area contributed by atoms with Gasteiger partial charge in [0.05, 0.1) is 0 Å². The van der Waals surface area contributed by atoms with Gasteiger partial charge in [0.1, 0.15) is 6.10 Å². The molecule has 0 N–H and O–H groups in total. The van der Waals surface area contributed by atoms with Crippen molar-refractivity contribution in [3.8, 4) is 0 Å². The van der Waals surface area contributed by atoms with E-state index in [-0.39, 0.29) is 12.1 Å². The van der Waals surface area contributed by atoms with Gasteiger partial charge in [0.25, 0.3) is 0 Å². The van der Waals surface area contributed by atoms with Crippen LogP contribution in [-0.2, 0) is 9.53 Å². The first kappa shape index (κ1) is 14.5. The van der Waals surface area contributed by atoms with Crippen LogP contribution in [0.25, 0.3) is 0 Å². The Morgan fingerprint density at radius 3 is 2.47 bits per heavy atom. The van der Waals surface area contributed by atoms with Crippen LogP contribution in [0.5, 0.6) is 0 Å². The third-order valence-electron chi connectivity index (χ3n) is 4.44. The smallest absolute Gasteiger partial charge is 0.302 e. The van der Waals surface area contributed by atoms with Crippen molar-refractivity contribution < 1.29 is 9.53 Å². The summed E-state index contributed by atoms with van der Waals surface area (Å²) in [6, 6.07) is 0. The van der Waals surface area contributed by atoms with E-state index in [1.54, 1.807) is 0 Å². The van der Waals surface area contributed by atoms with Crippen molar-refractivity contribution in [1.82, 2.24) is 0 Å². The number of esters is 1. The van der Waals surface area contributed by atoms with Crippen LogP contribution in [0.2, 0.25) is 0 Å². The summed E-state index contributed by atoms with van der Waals surface area (Å²) in [7, 11) is 0. The van der Waals surface area contributed by atoms with Crippen LogP contribution in [0.4, 0.5) is 0 Å². The molecule has 2 heteroatoms. The Hall–Kier alpha value is -0.530. The van der Waals surface area contributed by atoms with E-state index in [4.69, 9.17) is 4.74 Å². The molecule has 0 aromatic rings. The lowest BCUT2D eigenvalue weighted by Crippen LogP contribution is -2.36. The maximum Gasteiger partial charge on any atom is 0.302 e. The molecule has 100 valence electrons. The van der Waals surface area contributed by atoms with E-state index in [1.807, 2.05) is 0 Å². The lowest BCUT2D eigenvalue weighted by Gasteiger charge is -2.39. The zero-order valence-corrected chi connectivity index (χ0v) is 12.0. The van der Waals surface area contributed by atoms with Crippen molar-refractivity contribution in [2.75, 3.05) is 0 Å². The zero-order chi connectivity index (χ0) is 13.0. The highest BCUT2D eigenvalue weighted by atomic mass is 16.5. The second-order valence-corrected chi connectivity index (χ2v) is 6.01. The van der Waals surface area contributed by atoms with Crippen molar-refractivity contribution in [3.05, 3.63) is 0 Å². The first-order chi connectivity index (χ1) is 7.95. The molecule has 1 aliphatic carbocycles. The van der Waals surface area contributed by atoms with Crippen LogP contribution < -0.4 is 0 Å². The maximum absolute atomic E-state index is 11.2. The summed E-state index contributed by atoms with van der Waals surface area (Å²) in [6.07, 6.45) is 4.92. The average Bonchev–Trinajstić information content (AvgIpc) is 2.26. The molecule has 0 aliphatic heterocycles. The highest BCUT2D eigenvalue weighted by Crippen LogP contribution is 2.40. The van der Waals surface area contributed by atoms with E-state index in [1.165, 1.54) is 26.2 Å². The van der Waals surface area contributed by atoms with Crippen LogP contribution in [0, 0.1) is 23.7 Å². The summed E-state index contributed by atoms with van der Waals surface area (Å²) in [5.41, 5.74) is 0. The van der Waals surface area contributed by atoms with E-state index < -0.39 is 0 Å². The lowest BCUT2D eigenvalue weighted by molar-refractivity contribution is -0.151. The largest absolute Gasteiger partial charge is 0.462 e. The molecule has 0 aromatic carbocycles. The van der Waals surface area contributed by atoms with Gasteiger partial charge in [0.15, 0.2) is 0 Å². The number of ether oxygens (including phenoxy) is 1. The molecule has 4 atom stereocenters. The number of carbonyl (C=O) groups is 1. The Morgan fingerprint density at radius 1 is 1.35 bits per heavy atom. The highest BCUT2D eigenvalue weighted by molar-refractivity contribution is 5.66. The summed E-state index contributed by atoms with van der Waals surface area (Å²) in [4.78, 5) is 11.2. The first-order valence-corrected chi connectivity index (χ1v) is 7.12. The first-order valence-electron chi connectivity index (χ1n) is 7.12. The Morgan fingerprint density at radius 2 is 2.00 bits per heavy atom. The molecular formula is C15H28O2.